The van der Waals surface area contributed by atoms with Crippen molar-refractivity contribution in [3.05, 3.63) is 11.9 Å². The highest BCUT2D eigenvalue weighted by molar-refractivity contribution is 5.57. The van der Waals surface area contributed by atoms with Crippen molar-refractivity contribution in [1.82, 2.24) is 9.97 Å². The summed E-state index contributed by atoms with van der Waals surface area (Å²) in [6, 6.07) is 0. The van der Waals surface area contributed by atoms with Crippen LogP contribution in [0, 0.1) is 5.92 Å². The smallest absolute Gasteiger partial charge is 0.134 e. The predicted molar refractivity (Wildman–Crippen MR) is 86.6 cm³/mol. The Hall–Kier alpha value is -1.36. The normalized spacial score (nSPS) is 25.6. The molecule has 21 heavy (non-hydrogen) atoms. The Bertz CT molecular complexity index is 456. The van der Waals surface area contributed by atoms with E-state index in [2.05, 4.69) is 41.4 Å². The lowest BCUT2D eigenvalue weighted by Gasteiger charge is -2.35. The first-order valence-corrected chi connectivity index (χ1v) is 8.12. The minimum absolute atomic E-state index is 0.565. The summed E-state index contributed by atoms with van der Waals surface area (Å²) in [4.78, 5) is 8.65. The van der Waals surface area contributed by atoms with E-state index in [0.29, 0.717) is 6.54 Å². The number of hydrogen-bond donors (Lipinski definition) is 3. The lowest BCUT2D eigenvalue weighted by atomic mass is 9.79. The van der Waals surface area contributed by atoms with Crippen LogP contribution in [0.25, 0.3) is 0 Å². The Labute approximate surface area is 127 Å². The first-order chi connectivity index (χ1) is 10.1. The second-order valence-electron chi connectivity index (χ2n) is 6.19. The van der Waals surface area contributed by atoms with Crippen molar-refractivity contribution in [2.75, 3.05) is 23.7 Å². The molecule has 1 saturated carbocycles. The fourth-order valence-corrected chi connectivity index (χ4v) is 2.94. The largest absolute Gasteiger partial charge is 0.388 e. The van der Waals surface area contributed by atoms with Gasteiger partial charge in [0.05, 0.1) is 5.60 Å². The Balaban J connectivity index is 2.04. The molecule has 3 N–H and O–H groups in total. The summed E-state index contributed by atoms with van der Waals surface area (Å²) >= 11 is 0. The van der Waals surface area contributed by atoms with Crippen molar-refractivity contribution in [3.63, 3.8) is 0 Å². The summed E-state index contributed by atoms with van der Waals surface area (Å²) in [5, 5.41) is 17.3. The molecule has 118 valence electrons. The molecule has 0 saturated heterocycles. The van der Waals surface area contributed by atoms with Gasteiger partial charge in [0.1, 0.15) is 18.0 Å². The quantitative estimate of drug-likeness (QED) is 0.752. The predicted octanol–water partition coefficient (Wildman–Crippen LogP) is 2.82. The standard InChI is InChI=1S/C16H28N4O/c1-4-13-14(17-5-2)19-11-20-15(13)18-10-16(21)8-6-12(3)7-9-16/h11-12,21H,4-10H2,1-3H3,(H2,17,18,19,20). The molecule has 1 heterocycles. The third-order valence-corrected chi connectivity index (χ3v) is 4.43. The highest BCUT2D eigenvalue weighted by Crippen LogP contribution is 2.32. The van der Waals surface area contributed by atoms with E-state index in [-0.39, 0.29) is 0 Å². The van der Waals surface area contributed by atoms with Crippen LogP contribution < -0.4 is 10.6 Å². The summed E-state index contributed by atoms with van der Waals surface area (Å²) in [7, 11) is 0. The van der Waals surface area contributed by atoms with E-state index < -0.39 is 5.60 Å². The molecule has 0 atom stereocenters. The minimum Gasteiger partial charge on any atom is -0.388 e. The van der Waals surface area contributed by atoms with Crippen molar-refractivity contribution < 1.29 is 5.11 Å². The van der Waals surface area contributed by atoms with Crippen LogP contribution in [0.4, 0.5) is 11.6 Å². The zero-order chi connectivity index (χ0) is 15.3. The Kier molecular flexibility index (Phi) is 5.39. The fourth-order valence-electron chi connectivity index (χ4n) is 2.94. The lowest BCUT2D eigenvalue weighted by molar-refractivity contribution is 0.00493. The molecule has 0 aromatic carbocycles. The monoisotopic (exact) mass is 292 g/mol. The van der Waals surface area contributed by atoms with E-state index in [0.717, 1.165) is 61.8 Å². The summed E-state index contributed by atoms with van der Waals surface area (Å²) in [6.45, 7) is 7.82. The second-order valence-corrected chi connectivity index (χ2v) is 6.19. The van der Waals surface area contributed by atoms with Crippen molar-refractivity contribution >= 4 is 11.6 Å². The van der Waals surface area contributed by atoms with E-state index in [1.54, 1.807) is 6.33 Å². The summed E-state index contributed by atoms with van der Waals surface area (Å²) < 4.78 is 0. The topological polar surface area (TPSA) is 70.1 Å². The molecular formula is C16H28N4O. The summed E-state index contributed by atoms with van der Waals surface area (Å²) in [5.41, 5.74) is 0.494. The molecular weight excluding hydrogens is 264 g/mol. The first-order valence-electron chi connectivity index (χ1n) is 8.12. The van der Waals surface area contributed by atoms with Crippen LogP contribution in [0.15, 0.2) is 6.33 Å². The molecule has 1 aromatic heterocycles. The number of nitrogens with one attached hydrogen (secondary N) is 2. The fraction of sp³-hybridized carbons (Fsp3) is 0.750. The molecule has 5 nitrogen and oxygen atoms in total. The van der Waals surface area contributed by atoms with Crippen LogP contribution in [0.3, 0.4) is 0 Å². The van der Waals surface area contributed by atoms with Gasteiger partial charge in [0.2, 0.25) is 0 Å². The van der Waals surface area contributed by atoms with Gasteiger partial charge in [-0.05, 0) is 44.9 Å². The van der Waals surface area contributed by atoms with Crippen LogP contribution in [0.2, 0.25) is 0 Å². The van der Waals surface area contributed by atoms with Gasteiger partial charge in [-0.25, -0.2) is 9.97 Å². The summed E-state index contributed by atoms with van der Waals surface area (Å²) in [6.07, 6.45) is 6.38. The Morgan fingerprint density at radius 3 is 2.38 bits per heavy atom. The molecule has 0 bridgehead atoms. The van der Waals surface area contributed by atoms with Gasteiger partial charge >= 0.3 is 0 Å². The number of rotatable bonds is 6. The highest BCUT2D eigenvalue weighted by Gasteiger charge is 2.31. The third kappa shape index (κ3) is 4.06. The van der Waals surface area contributed by atoms with E-state index in [9.17, 15) is 5.11 Å². The average Bonchev–Trinajstić information content (AvgIpc) is 2.49. The molecule has 0 amide bonds. The van der Waals surface area contributed by atoms with Crippen LogP contribution in [-0.4, -0.2) is 33.8 Å². The van der Waals surface area contributed by atoms with Gasteiger partial charge in [0.15, 0.2) is 0 Å². The van der Waals surface area contributed by atoms with Crippen molar-refractivity contribution in [3.8, 4) is 0 Å². The Morgan fingerprint density at radius 1 is 1.19 bits per heavy atom. The molecule has 2 rings (SSSR count). The molecule has 0 radical (unpaired) electrons. The van der Waals surface area contributed by atoms with Gasteiger partial charge in [-0.3, -0.25) is 0 Å². The van der Waals surface area contributed by atoms with E-state index in [1.165, 1.54) is 0 Å². The first kappa shape index (κ1) is 16.0. The van der Waals surface area contributed by atoms with E-state index in [1.807, 2.05) is 0 Å². The van der Waals surface area contributed by atoms with Gasteiger partial charge in [-0.1, -0.05) is 13.8 Å². The number of aliphatic hydroxyl groups is 1. The number of anilines is 2. The zero-order valence-electron chi connectivity index (χ0n) is 13.4. The maximum absolute atomic E-state index is 10.7. The SMILES string of the molecule is CCNc1ncnc(NCC2(O)CCC(C)CC2)c1CC. The van der Waals surface area contributed by atoms with Gasteiger partial charge in [0, 0.05) is 18.7 Å². The van der Waals surface area contributed by atoms with Crippen LogP contribution in [0.1, 0.15) is 52.0 Å². The number of hydrogen-bond acceptors (Lipinski definition) is 5. The molecule has 5 heteroatoms. The minimum atomic E-state index is -0.596. The molecule has 0 unspecified atom stereocenters. The van der Waals surface area contributed by atoms with Crippen LogP contribution in [0.5, 0.6) is 0 Å². The van der Waals surface area contributed by atoms with Gasteiger partial charge in [-0.15, -0.1) is 0 Å². The molecule has 0 aliphatic heterocycles. The number of aromatic nitrogens is 2. The van der Waals surface area contributed by atoms with Crippen molar-refractivity contribution in [2.24, 2.45) is 5.92 Å². The molecule has 1 aliphatic rings. The molecule has 1 fully saturated rings. The average molecular weight is 292 g/mol. The zero-order valence-corrected chi connectivity index (χ0v) is 13.4. The van der Waals surface area contributed by atoms with E-state index >= 15 is 0 Å². The third-order valence-electron chi connectivity index (χ3n) is 4.43. The van der Waals surface area contributed by atoms with Gasteiger partial charge in [-0.2, -0.15) is 0 Å². The highest BCUT2D eigenvalue weighted by atomic mass is 16.3. The van der Waals surface area contributed by atoms with Gasteiger partial charge < -0.3 is 15.7 Å². The van der Waals surface area contributed by atoms with Crippen molar-refractivity contribution in [2.45, 2.75) is 58.5 Å². The summed E-state index contributed by atoms with van der Waals surface area (Å²) in [5.74, 6) is 2.47. The second kappa shape index (κ2) is 7.07. The van der Waals surface area contributed by atoms with Crippen LogP contribution in [-0.2, 0) is 6.42 Å². The molecule has 0 spiro atoms. The van der Waals surface area contributed by atoms with Crippen LogP contribution >= 0.6 is 0 Å². The molecule has 1 aliphatic carbocycles. The Morgan fingerprint density at radius 2 is 1.81 bits per heavy atom. The maximum atomic E-state index is 10.7. The number of nitrogens with zero attached hydrogens (tertiary/aromatic N) is 2. The van der Waals surface area contributed by atoms with Gasteiger partial charge in [0.25, 0.3) is 0 Å². The molecule has 1 aromatic rings. The maximum Gasteiger partial charge on any atom is 0.134 e. The van der Waals surface area contributed by atoms with Crippen molar-refractivity contribution in [1.29, 1.82) is 0 Å². The lowest BCUT2D eigenvalue weighted by Crippen LogP contribution is -2.40. The van der Waals surface area contributed by atoms with E-state index in [4.69, 9.17) is 0 Å².